The van der Waals surface area contributed by atoms with Gasteiger partial charge in [-0.25, -0.2) is 4.85 Å². The van der Waals surface area contributed by atoms with E-state index in [1.807, 2.05) is 36.7 Å². The van der Waals surface area contributed by atoms with Gasteiger partial charge in [-0.15, -0.1) is 0 Å². The van der Waals surface area contributed by atoms with Crippen LogP contribution in [-0.2, 0) is 5.41 Å². The standard InChI is InChI=1S/C85H47N9O/c1-87-51-31-36-79-65(41-51)62-21-7-15-29-77(62)94(79)56-46-70-84(89-49-56)83-69(45-55(48-88-83)93-76-28-14-6-20-61(76)64-40-50(47-86)30-35-78(64)93)85(70)67-43-53(91-73-25-11-4-18-59(73)60-19-5-12-26-74(60)91)33-38-81(67)95-82-39-34-54(44-68(82)85)92-75-27-13-8-22-63(75)66-42-52(32-37-80(66)92)90-71-23-9-2-16-57(71)58-17-3-10-24-72(58)90/h2-46,48-49H. The first kappa shape index (κ1) is 51.5. The monoisotopic (exact) mass is 1210 g/mol. The van der Waals surface area contributed by atoms with Crippen molar-refractivity contribution >= 4 is 115 Å². The lowest BCUT2D eigenvalue weighted by Gasteiger charge is -2.39. The van der Waals surface area contributed by atoms with Crippen molar-refractivity contribution in [3.8, 4) is 57.4 Å². The van der Waals surface area contributed by atoms with Crippen LogP contribution in [0.2, 0.25) is 0 Å². The number of hydrogen-bond acceptors (Lipinski definition) is 4. The number of rotatable bonds is 5. The Hall–Kier alpha value is -13.3. The molecule has 19 aromatic rings. The summed E-state index contributed by atoms with van der Waals surface area (Å²) in [6, 6.07) is 99.7. The summed E-state index contributed by atoms with van der Waals surface area (Å²) in [5.74, 6) is 1.42. The molecule has 10 nitrogen and oxygen atoms in total. The highest BCUT2D eigenvalue weighted by Gasteiger charge is 2.54. The van der Waals surface area contributed by atoms with E-state index in [-0.39, 0.29) is 0 Å². The molecular weight excluding hydrogens is 1160 g/mol. The van der Waals surface area contributed by atoms with Gasteiger partial charge in [0.2, 0.25) is 0 Å². The number of ether oxygens (including phenoxy) is 1. The van der Waals surface area contributed by atoms with Gasteiger partial charge < -0.3 is 27.6 Å². The van der Waals surface area contributed by atoms with Gasteiger partial charge in [0.25, 0.3) is 0 Å². The van der Waals surface area contributed by atoms with Crippen molar-refractivity contribution < 1.29 is 4.74 Å². The van der Waals surface area contributed by atoms with Crippen LogP contribution >= 0.6 is 0 Å². The Kier molecular flexibility index (Phi) is 10.2. The maximum Gasteiger partial charge on any atom is 0.188 e. The Morgan fingerprint density at radius 1 is 0.316 bits per heavy atom. The average Bonchev–Trinajstić information content (AvgIpc) is 1.57. The first-order valence-electron chi connectivity index (χ1n) is 31.9. The third kappa shape index (κ3) is 6.83. The number of para-hydroxylation sites is 7. The molecule has 1 spiro atoms. The summed E-state index contributed by atoms with van der Waals surface area (Å²) in [5.41, 5.74) is 20.5. The molecule has 0 radical (unpaired) electrons. The van der Waals surface area contributed by atoms with Gasteiger partial charge >= 0.3 is 0 Å². The lowest BCUT2D eigenvalue weighted by Crippen LogP contribution is -2.33. The summed E-state index contributed by atoms with van der Waals surface area (Å²) in [7, 11) is 0. The number of pyridine rings is 2. The van der Waals surface area contributed by atoms with Crippen LogP contribution in [0.5, 0.6) is 11.5 Å². The molecule has 1 unspecified atom stereocenters. The number of aromatic nitrogens is 7. The summed E-state index contributed by atoms with van der Waals surface area (Å²) in [6.45, 7) is 8.07. The van der Waals surface area contributed by atoms with Crippen molar-refractivity contribution in [2.75, 3.05) is 0 Å². The fourth-order valence-electron chi connectivity index (χ4n) is 16.6. The molecule has 8 heterocycles. The highest BCUT2D eigenvalue weighted by Crippen LogP contribution is 2.63. The van der Waals surface area contributed by atoms with E-state index in [9.17, 15) is 5.26 Å². The topological polar surface area (TPSA) is 87.8 Å². The second-order valence-corrected chi connectivity index (χ2v) is 25.0. The molecule has 21 rings (SSSR count). The van der Waals surface area contributed by atoms with E-state index in [1.54, 1.807) is 0 Å². The summed E-state index contributed by atoms with van der Waals surface area (Å²) in [4.78, 5) is 15.2. The zero-order chi connectivity index (χ0) is 62.4. The normalized spacial score (nSPS) is 14.0. The van der Waals surface area contributed by atoms with Crippen LogP contribution in [0.3, 0.4) is 0 Å². The van der Waals surface area contributed by atoms with Crippen molar-refractivity contribution in [3.63, 3.8) is 0 Å². The van der Waals surface area contributed by atoms with Gasteiger partial charge in [-0.05, 0) is 145 Å². The largest absolute Gasteiger partial charge is 0.457 e. The molecule has 1 atom stereocenters. The van der Waals surface area contributed by atoms with Crippen LogP contribution in [0, 0.1) is 17.9 Å². The quantitative estimate of drug-likeness (QED) is 0.161. The zero-order valence-corrected chi connectivity index (χ0v) is 50.6. The molecule has 1 aliphatic heterocycles. The van der Waals surface area contributed by atoms with Crippen molar-refractivity contribution in [1.82, 2.24) is 32.8 Å². The molecule has 438 valence electrons. The van der Waals surface area contributed by atoms with Crippen LogP contribution in [0.25, 0.3) is 154 Å². The third-order valence-corrected chi connectivity index (χ3v) is 20.4. The minimum atomic E-state index is -1.17. The molecule has 0 bridgehead atoms. The van der Waals surface area contributed by atoms with E-state index in [0.717, 1.165) is 160 Å². The molecule has 0 saturated carbocycles. The van der Waals surface area contributed by atoms with E-state index in [4.69, 9.17) is 21.3 Å². The average molecular weight is 1210 g/mol. The fourth-order valence-corrected chi connectivity index (χ4v) is 16.6. The minimum absolute atomic E-state index is 0.578. The predicted molar refractivity (Wildman–Crippen MR) is 382 cm³/mol. The molecule has 95 heavy (non-hydrogen) atoms. The van der Waals surface area contributed by atoms with Gasteiger partial charge in [0.15, 0.2) is 5.69 Å². The fraction of sp³-hybridized carbons (Fsp3) is 0.0118. The van der Waals surface area contributed by atoms with E-state index < -0.39 is 5.41 Å². The summed E-state index contributed by atoms with van der Waals surface area (Å²) < 4.78 is 19.3. The molecule has 1 aliphatic carbocycles. The lowest BCUT2D eigenvalue weighted by molar-refractivity contribution is 0.436. The van der Waals surface area contributed by atoms with Gasteiger partial charge in [0, 0.05) is 87.8 Å². The molecule has 0 saturated heterocycles. The molecule has 2 aliphatic rings. The van der Waals surface area contributed by atoms with E-state index in [0.29, 0.717) is 22.7 Å². The van der Waals surface area contributed by atoms with Crippen LogP contribution in [0.1, 0.15) is 27.8 Å². The van der Waals surface area contributed by atoms with Gasteiger partial charge in [-0.3, -0.25) is 9.97 Å². The Morgan fingerprint density at radius 3 is 1.04 bits per heavy atom. The van der Waals surface area contributed by atoms with Crippen LogP contribution in [-0.4, -0.2) is 32.8 Å². The SMILES string of the molecule is [C-]#[N+]c1ccc2c(c1)c1ccccc1n2-c1cnc2c(c1)C1(c3cc(-n4c5ccccc5c5ccccc54)ccc3Oc3ccc(-n4c5ccccc5c5cc(-n6c7ccccc7c7ccccc76)ccc54)cc31)c1cc(-n3c4ccccc4c4cc(C#N)ccc43)cnc1-2. The molecule has 7 aromatic heterocycles. The Labute approximate surface area is 541 Å². The smallest absolute Gasteiger partial charge is 0.188 e. The highest BCUT2D eigenvalue weighted by atomic mass is 16.5. The summed E-state index contributed by atoms with van der Waals surface area (Å²) in [6.07, 6.45) is 3.98. The number of fused-ring (bicyclic) bond motifs is 24. The van der Waals surface area contributed by atoms with Crippen molar-refractivity contribution in [2.45, 2.75) is 5.41 Å². The number of hydrogen-bond donors (Lipinski definition) is 0. The number of nitriles is 1. The van der Waals surface area contributed by atoms with Crippen LogP contribution < -0.4 is 4.74 Å². The first-order valence-corrected chi connectivity index (χ1v) is 31.9. The van der Waals surface area contributed by atoms with Gasteiger partial charge in [-0.2, -0.15) is 5.26 Å². The highest BCUT2D eigenvalue weighted by molar-refractivity contribution is 6.15. The molecular formula is C85H47N9O. The first-order chi connectivity index (χ1) is 47.0. The zero-order valence-electron chi connectivity index (χ0n) is 50.6. The van der Waals surface area contributed by atoms with Crippen molar-refractivity contribution in [3.05, 3.63) is 325 Å². The lowest BCUT2D eigenvalue weighted by atomic mass is 9.66. The summed E-state index contributed by atoms with van der Waals surface area (Å²) >= 11 is 0. The Morgan fingerprint density at radius 2 is 0.632 bits per heavy atom. The molecule has 10 heteroatoms. The maximum absolute atomic E-state index is 10.3. The second kappa shape index (κ2) is 18.9. The van der Waals surface area contributed by atoms with Crippen LogP contribution in [0.15, 0.2) is 285 Å². The van der Waals surface area contributed by atoms with Crippen molar-refractivity contribution in [2.24, 2.45) is 0 Å². The van der Waals surface area contributed by atoms with E-state index in [1.165, 1.54) is 10.8 Å². The second-order valence-electron chi connectivity index (χ2n) is 25.0. The number of benzene rings is 12. The minimum Gasteiger partial charge on any atom is -0.457 e. The Balaban J connectivity index is 0.885. The van der Waals surface area contributed by atoms with Crippen molar-refractivity contribution in [1.29, 1.82) is 5.26 Å². The molecule has 0 N–H and O–H groups in total. The maximum atomic E-state index is 10.3. The van der Waals surface area contributed by atoms with Gasteiger partial charge in [-0.1, -0.05) is 133 Å². The molecule has 0 fully saturated rings. The van der Waals surface area contributed by atoms with Crippen LogP contribution in [0.4, 0.5) is 5.69 Å². The number of nitrogens with zero attached hydrogens (tertiary/aromatic N) is 9. The third-order valence-electron chi connectivity index (χ3n) is 20.4. The predicted octanol–water partition coefficient (Wildman–Crippen LogP) is 20.9. The molecule has 12 aromatic carbocycles. The molecule has 0 amide bonds. The van der Waals surface area contributed by atoms with E-state index >= 15 is 0 Å². The summed E-state index contributed by atoms with van der Waals surface area (Å²) in [5, 5.41) is 21.3. The Bertz CT molecular complexity index is 6460. The van der Waals surface area contributed by atoms with E-state index in [2.05, 4.69) is 282 Å². The van der Waals surface area contributed by atoms with Gasteiger partial charge in [0.1, 0.15) is 11.5 Å². The van der Waals surface area contributed by atoms with Gasteiger partial charge in [0.05, 0.1) is 114 Å².